The van der Waals surface area contributed by atoms with Gasteiger partial charge in [0.2, 0.25) is 5.91 Å². The van der Waals surface area contributed by atoms with Gasteiger partial charge in [-0.2, -0.15) is 0 Å². The Balaban J connectivity index is 0. The Morgan fingerprint density at radius 1 is 1.08 bits per heavy atom. The highest BCUT2D eigenvalue weighted by Gasteiger charge is 1.88. The topological polar surface area (TPSA) is 53.2 Å². The molecule has 1 amide bonds. The van der Waals surface area contributed by atoms with E-state index in [0.29, 0.717) is 6.54 Å². The fourth-order valence-electron chi connectivity index (χ4n) is 0.665. The van der Waals surface area contributed by atoms with Gasteiger partial charge in [0.15, 0.2) is 0 Å². The van der Waals surface area contributed by atoms with Crippen molar-refractivity contribution in [3.05, 3.63) is 0 Å². The van der Waals surface area contributed by atoms with Crippen LogP contribution < -0.4 is 16.0 Å². The molecular formula is C9H23N3O. The number of rotatable bonds is 6. The van der Waals surface area contributed by atoms with Gasteiger partial charge in [0.25, 0.3) is 0 Å². The minimum atomic E-state index is 0.0282. The van der Waals surface area contributed by atoms with E-state index in [4.69, 9.17) is 0 Å². The monoisotopic (exact) mass is 189 g/mol. The smallest absolute Gasteiger partial charge is 0.216 e. The Morgan fingerprint density at radius 2 is 1.62 bits per heavy atom. The summed E-state index contributed by atoms with van der Waals surface area (Å²) in [4.78, 5) is 10.4. The molecule has 0 saturated heterocycles. The van der Waals surface area contributed by atoms with E-state index in [1.54, 1.807) is 0 Å². The maximum absolute atomic E-state index is 10.4. The average Bonchev–Trinajstić information content (AvgIpc) is 2.14. The van der Waals surface area contributed by atoms with E-state index in [0.717, 1.165) is 19.6 Å². The van der Waals surface area contributed by atoms with E-state index in [9.17, 15) is 4.79 Å². The average molecular weight is 189 g/mol. The zero-order valence-corrected chi connectivity index (χ0v) is 9.24. The van der Waals surface area contributed by atoms with Crippen molar-refractivity contribution in [3.8, 4) is 0 Å². The molecule has 0 aliphatic heterocycles. The summed E-state index contributed by atoms with van der Waals surface area (Å²) in [6.07, 6.45) is 0. The number of carbonyl (C=O) groups excluding carboxylic acids is 1. The van der Waals surface area contributed by atoms with Crippen LogP contribution in [0, 0.1) is 0 Å². The summed E-state index contributed by atoms with van der Waals surface area (Å²) in [5.41, 5.74) is 0. The largest absolute Gasteiger partial charge is 0.355 e. The van der Waals surface area contributed by atoms with Gasteiger partial charge in [-0.3, -0.25) is 4.79 Å². The van der Waals surface area contributed by atoms with Gasteiger partial charge in [-0.1, -0.05) is 13.8 Å². The summed E-state index contributed by atoms with van der Waals surface area (Å²) in [6, 6.07) is 0. The minimum Gasteiger partial charge on any atom is -0.355 e. The molecule has 3 N–H and O–H groups in total. The van der Waals surface area contributed by atoms with Gasteiger partial charge >= 0.3 is 0 Å². The number of amides is 1. The molecule has 0 atom stereocenters. The van der Waals surface area contributed by atoms with Crippen LogP contribution in [0.25, 0.3) is 0 Å². The molecule has 4 heteroatoms. The lowest BCUT2D eigenvalue weighted by Gasteiger charge is -2.03. The van der Waals surface area contributed by atoms with E-state index in [1.165, 1.54) is 6.92 Å². The summed E-state index contributed by atoms with van der Waals surface area (Å²) >= 11 is 0. The maximum atomic E-state index is 10.4. The van der Waals surface area contributed by atoms with E-state index in [2.05, 4.69) is 16.0 Å². The first-order valence-electron chi connectivity index (χ1n) is 4.87. The number of nitrogens with one attached hydrogen (secondary N) is 3. The van der Waals surface area contributed by atoms with Gasteiger partial charge in [0.1, 0.15) is 0 Å². The van der Waals surface area contributed by atoms with Crippen LogP contribution in [0.15, 0.2) is 0 Å². The molecule has 0 bridgehead atoms. The van der Waals surface area contributed by atoms with Crippen LogP contribution in [0.3, 0.4) is 0 Å². The van der Waals surface area contributed by atoms with Crippen LogP contribution in [0.5, 0.6) is 0 Å². The molecule has 0 heterocycles. The van der Waals surface area contributed by atoms with Gasteiger partial charge in [0, 0.05) is 33.1 Å². The number of likely N-dealkylation sites (N-methyl/N-ethyl adjacent to an activating group) is 1. The highest BCUT2D eigenvalue weighted by atomic mass is 16.1. The second-order valence-electron chi connectivity index (χ2n) is 2.34. The van der Waals surface area contributed by atoms with Crippen LogP contribution in [-0.4, -0.2) is 39.1 Å². The zero-order valence-electron chi connectivity index (χ0n) is 9.24. The quantitative estimate of drug-likeness (QED) is 0.514. The van der Waals surface area contributed by atoms with E-state index < -0.39 is 0 Å². The summed E-state index contributed by atoms with van der Waals surface area (Å²) < 4.78 is 0. The van der Waals surface area contributed by atoms with Crippen LogP contribution >= 0.6 is 0 Å². The van der Waals surface area contributed by atoms with Crippen molar-refractivity contribution in [3.63, 3.8) is 0 Å². The molecule has 0 rings (SSSR count). The van der Waals surface area contributed by atoms with E-state index in [1.807, 2.05) is 20.9 Å². The molecular weight excluding hydrogens is 166 g/mol. The Hall–Kier alpha value is -0.610. The van der Waals surface area contributed by atoms with Crippen LogP contribution in [0.2, 0.25) is 0 Å². The first kappa shape index (κ1) is 14.9. The zero-order chi connectivity index (χ0) is 10.5. The number of carbonyl (C=O) groups is 1. The first-order valence-corrected chi connectivity index (χ1v) is 4.87. The molecule has 0 aliphatic rings. The Bertz CT molecular complexity index is 107. The lowest BCUT2D eigenvalue weighted by atomic mass is 10.5. The van der Waals surface area contributed by atoms with Crippen LogP contribution in [0.1, 0.15) is 20.8 Å². The molecule has 0 aromatic carbocycles. The molecule has 0 aromatic rings. The molecule has 0 radical (unpaired) electrons. The third kappa shape index (κ3) is 18.4. The Labute approximate surface area is 81.5 Å². The highest BCUT2D eigenvalue weighted by Crippen LogP contribution is 1.61. The van der Waals surface area contributed by atoms with Crippen molar-refractivity contribution < 1.29 is 4.79 Å². The van der Waals surface area contributed by atoms with Gasteiger partial charge in [-0.05, 0) is 7.05 Å². The Morgan fingerprint density at radius 3 is 2.08 bits per heavy atom. The van der Waals surface area contributed by atoms with Crippen molar-refractivity contribution in [2.24, 2.45) is 0 Å². The van der Waals surface area contributed by atoms with Crippen molar-refractivity contribution in [1.29, 1.82) is 0 Å². The van der Waals surface area contributed by atoms with Crippen LogP contribution in [-0.2, 0) is 4.79 Å². The predicted octanol–water partition coefficient (Wildman–Crippen LogP) is -0.0423. The third-order valence-electron chi connectivity index (χ3n) is 1.23. The van der Waals surface area contributed by atoms with Crippen molar-refractivity contribution >= 4 is 5.91 Å². The first-order chi connectivity index (χ1) is 6.27. The van der Waals surface area contributed by atoms with Crippen molar-refractivity contribution in [1.82, 2.24) is 16.0 Å². The SMILES string of the molecule is CC.CNCCNCCNC(C)=O. The highest BCUT2D eigenvalue weighted by molar-refractivity contribution is 5.72. The van der Waals surface area contributed by atoms with Gasteiger partial charge in [-0.25, -0.2) is 0 Å². The minimum absolute atomic E-state index is 0.0282. The fraction of sp³-hybridized carbons (Fsp3) is 0.889. The summed E-state index contributed by atoms with van der Waals surface area (Å²) in [5, 5.41) is 8.88. The van der Waals surface area contributed by atoms with E-state index in [-0.39, 0.29) is 5.91 Å². The molecule has 0 saturated carbocycles. The molecule has 0 spiro atoms. The standard InChI is InChI=1S/C7H17N3O.C2H6/c1-7(11)10-6-5-9-4-3-8-2;1-2/h8-9H,3-6H2,1-2H3,(H,10,11);1-2H3. The van der Waals surface area contributed by atoms with Gasteiger partial charge < -0.3 is 16.0 Å². The Kier molecular flexibility index (Phi) is 16.0. The molecule has 0 aliphatic carbocycles. The van der Waals surface area contributed by atoms with Crippen molar-refractivity contribution in [2.45, 2.75) is 20.8 Å². The molecule has 13 heavy (non-hydrogen) atoms. The third-order valence-corrected chi connectivity index (χ3v) is 1.23. The van der Waals surface area contributed by atoms with Gasteiger partial charge in [0.05, 0.1) is 0 Å². The predicted molar refractivity (Wildman–Crippen MR) is 56.8 cm³/mol. The normalized spacial score (nSPS) is 8.62. The van der Waals surface area contributed by atoms with Gasteiger partial charge in [-0.15, -0.1) is 0 Å². The van der Waals surface area contributed by atoms with Crippen LogP contribution in [0.4, 0.5) is 0 Å². The van der Waals surface area contributed by atoms with Crippen molar-refractivity contribution in [2.75, 3.05) is 33.2 Å². The summed E-state index contributed by atoms with van der Waals surface area (Å²) in [5.74, 6) is 0.0282. The number of hydrogen-bond donors (Lipinski definition) is 3. The fourth-order valence-corrected chi connectivity index (χ4v) is 0.665. The summed E-state index contributed by atoms with van der Waals surface area (Å²) in [6.45, 7) is 8.96. The molecule has 80 valence electrons. The summed E-state index contributed by atoms with van der Waals surface area (Å²) in [7, 11) is 1.91. The lowest BCUT2D eigenvalue weighted by Crippen LogP contribution is -2.33. The van der Waals surface area contributed by atoms with E-state index >= 15 is 0 Å². The number of hydrogen-bond acceptors (Lipinski definition) is 3. The molecule has 4 nitrogen and oxygen atoms in total. The lowest BCUT2D eigenvalue weighted by molar-refractivity contribution is -0.118. The second-order valence-corrected chi connectivity index (χ2v) is 2.34. The molecule has 0 aromatic heterocycles. The molecule has 0 fully saturated rings. The second kappa shape index (κ2) is 13.9. The molecule has 0 unspecified atom stereocenters. The maximum Gasteiger partial charge on any atom is 0.216 e.